The van der Waals surface area contributed by atoms with Crippen LogP contribution in [0, 0.1) is 5.41 Å². The number of anilines is 2. The summed E-state index contributed by atoms with van der Waals surface area (Å²) in [6.07, 6.45) is 1.96. The second-order valence-electron chi connectivity index (χ2n) is 6.41. The number of unbranched alkanes of at least 4 members (excludes halogenated alkanes) is 1. The number of carboxylic acid groups (broad SMARTS) is 1. The van der Waals surface area contributed by atoms with Crippen molar-refractivity contribution in [2.45, 2.75) is 38.3 Å². The van der Waals surface area contributed by atoms with Crippen molar-refractivity contribution in [3.63, 3.8) is 0 Å². The van der Waals surface area contributed by atoms with Crippen LogP contribution in [0.1, 0.15) is 25.7 Å². The van der Waals surface area contributed by atoms with Crippen LogP contribution < -0.4 is 33.3 Å². The number of hydrogen-bond donors (Lipinski definition) is 7. The Hall–Kier alpha value is -3.48. The molecule has 0 bridgehead atoms. The van der Waals surface area contributed by atoms with Crippen molar-refractivity contribution in [2.75, 3.05) is 24.6 Å². The largest absolute Gasteiger partial charge is 0.480 e. The zero-order valence-electron chi connectivity index (χ0n) is 16.0. The lowest BCUT2D eigenvalue weighted by Gasteiger charge is -2.16. The lowest BCUT2D eigenvalue weighted by molar-refractivity contribution is -0.139. The zero-order chi connectivity index (χ0) is 21.6. The van der Waals surface area contributed by atoms with Gasteiger partial charge in [0.1, 0.15) is 17.2 Å². The van der Waals surface area contributed by atoms with Gasteiger partial charge in [-0.2, -0.15) is 9.97 Å². The molecule has 0 aliphatic rings. The van der Waals surface area contributed by atoms with Gasteiger partial charge in [0.05, 0.1) is 5.84 Å². The van der Waals surface area contributed by atoms with Crippen molar-refractivity contribution < 1.29 is 9.90 Å². The maximum Gasteiger partial charge on any atom is 0.351 e. The molecule has 29 heavy (non-hydrogen) atoms. The van der Waals surface area contributed by atoms with Crippen LogP contribution >= 0.6 is 0 Å². The van der Waals surface area contributed by atoms with Crippen LogP contribution in [-0.4, -0.2) is 56.1 Å². The van der Waals surface area contributed by atoms with Crippen LogP contribution in [0.3, 0.4) is 0 Å². The highest BCUT2D eigenvalue weighted by Crippen LogP contribution is 2.11. The molecule has 0 fully saturated rings. The summed E-state index contributed by atoms with van der Waals surface area (Å²) in [5, 5.41) is 22.1. The predicted octanol–water partition coefficient (Wildman–Crippen LogP) is -1.36. The van der Waals surface area contributed by atoms with Crippen molar-refractivity contribution in [3.8, 4) is 0 Å². The number of nitrogens with zero attached hydrogens (tertiary/aromatic N) is 3. The van der Waals surface area contributed by atoms with Gasteiger partial charge in [-0.25, -0.2) is 4.79 Å². The molecule has 0 aliphatic carbocycles. The fraction of sp³-hybridized carbons (Fsp3) is 0.500. The number of carboxylic acids is 1. The third-order valence-corrected chi connectivity index (χ3v) is 4.31. The summed E-state index contributed by atoms with van der Waals surface area (Å²) in [5.74, 6) is -1.02. The molecule has 0 amide bonds. The molecule has 2 aromatic rings. The highest BCUT2D eigenvalue weighted by Gasteiger charge is 2.18. The summed E-state index contributed by atoms with van der Waals surface area (Å²) >= 11 is 0. The minimum absolute atomic E-state index is 0.0115. The third kappa shape index (κ3) is 5.51. The molecule has 0 aromatic carbocycles. The number of fused-ring (bicyclic) bond motifs is 1. The van der Waals surface area contributed by atoms with E-state index in [0.29, 0.717) is 25.7 Å². The quantitative estimate of drug-likeness (QED) is 0.132. The molecule has 2 aromatic heterocycles. The molecule has 13 heteroatoms. The Kier molecular flexibility index (Phi) is 7.25. The average molecular weight is 407 g/mol. The van der Waals surface area contributed by atoms with Gasteiger partial charge in [0, 0.05) is 26.6 Å². The fourth-order valence-electron chi connectivity index (χ4n) is 2.84. The van der Waals surface area contributed by atoms with Crippen molar-refractivity contribution >= 4 is 34.6 Å². The van der Waals surface area contributed by atoms with E-state index in [2.05, 4.69) is 25.6 Å². The Bertz CT molecular complexity index is 1010. The smallest absolute Gasteiger partial charge is 0.351 e. The average Bonchev–Trinajstić information content (AvgIpc) is 2.64. The van der Waals surface area contributed by atoms with Crippen molar-refractivity contribution in [1.29, 1.82) is 5.41 Å². The number of rotatable bonds is 11. The molecule has 0 aliphatic heterocycles. The van der Waals surface area contributed by atoms with Crippen LogP contribution in [0.5, 0.6) is 0 Å². The van der Waals surface area contributed by atoms with Gasteiger partial charge >= 0.3 is 11.7 Å². The van der Waals surface area contributed by atoms with E-state index in [1.807, 2.05) is 0 Å². The van der Waals surface area contributed by atoms with E-state index in [1.165, 1.54) is 4.57 Å². The van der Waals surface area contributed by atoms with Gasteiger partial charge in [0.15, 0.2) is 5.65 Å². The van der Waals surface area contributed by atoms with Gasteiger partial charge in [-0.15, -0.1) is 0 Å². The predicted molar refractivity (Wildman–Crippen MR) is 108 cm³/mol. The highest BCUT2D eigenvalue weighted by molar-refractivity contribution is 5.85. The van der Waals surface area contributed by atoms with Gasteiger partial charge in [-0.05, 0) is 12.8 Å². The summed E-state index contributed by atoms with van der Waals surface area (Å²) in [4.78, 5) is 46.2. The number of H-pyrrole nitrogens is 1. The van der Waals surface area contributed by atoms with E-state index in [4.69, 9.17) is 16.9 Å². The van der Waals surface area contributed by atoms with Crippen LogP contribution in [-0.2, 0) is 11.3 Å². The SMILES string of the molecule is CNc1nc2c(c(N)nc(=O)n2CCN[C@@H](CCCCC(=N)N)C(=O)O)c(=O)[nH]1. The first-order chi connectivity index (χ1) is 13.7. The third-order valence-electron chi connectivity index (χ3n) is 4.31. The van der Waals surface area contributed by atoms with Gasteiger partial charge in [0.25, 0.3) is 5.56 Å². The highest BCUT2D eigenvalue weighted by atomic mass is 16.4. The Morgan fingerprint density at radius 2 is 2.07 bits per heavy atom. The number of nitrogen functional groups attached to an aromatic ring is 1. The van der Waals surface area contributed by atoms with Crippen LogP contribution in [0.15, 0.2) is 9.59 Å². The number of aliphatic carboxylic acids is 1. The Morgan fingerprint density at radius 3 is 2.69 bits per heavy atom. The van der Waals surface area contributed by atoms with Crippen molar-refractivity contribution in [3.05, 3.63) is 20.8 Å². The van der Waals surface area contributed by atoms with E-state index in [1.54, 1.807) is 7.05 Å². The molecular formula is C16H25N9O4. The number of nitrogens with one attached hydrogen (secondary N) is 4. The molecule has 2 rings (SSSR count). The van der Waals surface area contributed by atoms with E-state index in [9.17, 15) is 19.5 Å². The van der Waals surface area contributed by atoms with Crippen LogP contribution in [0.25, 0.3) is 11.0 Å². The number of aromatic amines is 1. The Labute approximate surface area is 165 Å². The summed E-state index contributed by atoms with van der Waals surface area (Å²) in [6.45, 7) is 0.174. The number of nitrogens with two attached hydrogens (primary N) is 2. The van der Waals surface area contributed by atoms with Crippen LogP contribution in [0.2, 0.25) is 0 Å². The molecule has 0 unspecified atom stereocenters. The normalized spacial score (nSPS) is 12.0. The molecule has 0 spiro atoms. The molecule has 13 nitrogen and oxygen atoms in total. The molecular weight excluding hydrogens is 382 g/mol. The second-order valence-corrected chi connectivity index (χ2v) is 6.41. The van der Waals surface area contributed by atoms with E-state index in [-0.39, 0.29) is 41.7 Å². The minimum atomic E-state index is -1.02. The topological polar surface area (TPSA) is 218 Å². The van der Waals surface area contributed by atoms with Crippen molar-refractivity contribution in [1.82, 2.24) is 24.8 Å². The second kappa shape index (κ2) is 9.64. The zero-order valence-corrected chi connectivity index (χ0v) is 16.0. The minimum Gasteiger partial charge on any atom is -0.480 e. The summed E-state index contributed by atoms with van der Waals surface area (Å²) < 4.78 is 1.17. The van der Waals surface area contributed by atoms with Gasteiger partial charge in [-0.3, -0.25) is 24.5 Å². The molecule has 2 heterocycles. The lowest BCUT2D eigenvalue weighted by atomic mass is 10.1. The van der Waals surface area contributed by atoms with Crippen molar-refractivity contribution in [2.24, 2.45) is 5.73 Å². The maximum atomic E-state index is 12.3. The summed E-state index contributed by atoms with van der Waals surface area (Å²) in [5.41, 5.74) is 9.82. The number of aromatic nitrogens is 4. The lowest BCUT2D eigenvalue weighted by Crippen LogP contribution is -2.40. The molecule has 9 N–H and O–H groups in total. The van der Waals surface area contributed by atoms with Gasteiger partial charge in [-0.1, -0.05) is 6.42 Å². The number of amidine groups is 1. The van der Waals surface area contributed by atoms with E-state index >= 15 is 0 Å². The summed E-state index contributed by atoms with van der Waals surface area (Å²) in [6, 6.07) is -0.824. The first-order valence-corrected chi connectivity index (χ1v) is 9.01. The van der Waals surface area contributed by atoms with Crippen LogP contribution in [0.4, 0.5) is 11.8 Å². The molecule has 0 radical (unpaired) electrons. The number of carbonyl (C=O) groups is 1. The molecule has 1 atom stereocenters. The monoisotopic (exact) mass is 407 g/mol. The Balaban J connectivity index is 2.16. The molecule has 158 valence electrons. The first-order valence-electron chi connectivity index (χ1n) is 9.01. The number of hydrogen-bond acceptors (Lipinski definition) is 9. The summed E-state index contributed by atoms with van der Waals surface area (Å²) in [7, 11) is 1.56. The molecule has 0 saturated heterocycles. The Morgan fingerprint density at radius 1 is 1.34 bits per heavy atom. The van der Waals surface area contributed by atoms with Gasteiger partial charge < -0.3 is 27.2 Å². The molecule has 0 saturated carbocycles. The fourth-order valence-corrected chi connectivity index (χ4v) is 2.84. The van der Waals surface area contributed by atoms with E-state index in [0.717, 1.165) is 0 Å². The standard InChI is InChI=1S/C16H25N9O4/c1-20-15-23-12-10(13(26)24-15)11(19)22-16(29)25(12)7-6-21-8(14(27)28)4-2-3-5-9(17)18/h8,21H,2-7H2,1H3,(H3,17,18)(H,27,28)(H2,19,22,29)(H2,20,23,24,26)/t8-/m0/s1. The first kappa shape index (κ1) is 21.8. The van der Waals surface area contributed by atoms with E-state index < -0.39 is 23.3 Å². The van der Waals surface area contributed by atoms with Gasteiger partial charge in [0.2, 0.25) is 5.95 Å². The maximum absolute atomic E-state index is 12.3.